The standard InChI is InChI=1S/C22H26N4O3/c27-22(26-8-10-28-11-9-26)17-5-3-7-25(14-17)15-18-13-23-24-21(18)20-12-16-4-1-2-6-19(16)29-20/h1-2,4,6,12-13,17H,3,5,7-11,14-15H2,(H,23,24)/t17-/m0/s1. The number of nitrogens with zero attached hydrogens (tertiary/aromatic N) is 3. The number of benzene rings is 1. The summed E-state index contributed by atoms with van der Waals surface area (Å²) in [5.41, 5.74) is 2.89. The van der Waals surface area contributed by atoms with Crippen molar-refractivity contribution in [2.75, 3.05) is 39.4 Å². The molecule has 1 N–H and O–H groups in total. The average molecular weight is 394 g/mol. The van der Waals surface area contributed by atoms with Gasteiger partial charge >= 0.3 is 0 Å². The molecule has 0 saturated carbocycles. The fraction of sp³-hybridized carbons (Fsp3) is 0.455. The molecule has 3 aromatic rings. The van der Waals surface area contributed by atoms with Crippen molar-refractivity contribution in [2.24, 2.45) is 5.92 Å². The number of rotatable bonds is 4. The van der Waals surface area contributed by atoms with E-state index in [1.165, 1.54) is 0 Å². The van der Waals surface area contributed by atoms with Crippen LogP contribution in [0.25, 0.3) is 22.4 Å². The van der Waals surface area contributed by atoms with E-state index in [0.717, 1.165) is 60.5 Å². The number of fused-ring (bicyclic) bond motifs is 1. The lowest BCUT2D eigenvalue weighted by atomic mass is 9.96. The van der Waals surface area contributed by atoms with Gasteiger partial charge in [-0.25, -0.2) is 0 Å². The van der Waals surface area contributed by atoms with Crippen LogP contribution >= 0.6 is 0 Å². The fourth-order valence-corrected chi connectivity index (χ4v) is 4.43. The topological polar surface area (TPSA) is 74.6 Å². The molecule has 1 atom stereocenters. The molecular formula is C22H26N4O3. The number of hydrogen-bond donors (Lipinski definition) is 1. The normalized spacial score (nSPS) is 21.0. The highest BCUT2D eigenvalue weighted by atomic mass is 16.5. The van der Waals surface area contributed by atoms with Gasteiger partial charge in [-0.05, 0) is 31.5 Å². The van der Waals surface area contributed by atoms with Crippen molar-refractivity contribution >= 4 is 16.9 Å². The molecule has 29 heavy (non-hydrogen) atoms. The van der Waals surface area contributed by atoms with Crippen LogP contribution in [0.5, 0.6) is 0 Å². The van der Waals surface area contributed by atoms with Crippen molar-refractivity contribution in [1.82, 2.24) is 20.0 Å². The van der Waals surface area contributed by atoms with Crippen molar-refractivity contribution in [2.45, 2.75) is 19.4 Å². The summed E-state index contributed by atoms with van der Waals surface area (Å²) in [7, 11) is 0. The van der Waals surface area contributed by atoms with E-state index in [1.54, 1.807) is 0 Å². The number of hydrogen-bond acceptors (Lipinski definition) is 5. The molecule has 152 valence electrons. The Labute approximate surface area is 169 Å². The van der Waals surface area contributed by atoms with E-state index in [-0.39, 0.29) is 11.8 Å². The number of nitrogens with one attached hydrogen (secondary N) is 1. The molecule has 0 aliphatic carbocycles. The SMILES string of the molecule is O=C([C@H]1CCCN(Cc2cn[nH]c2-c2cc3ccccc3o2)C1)N1CCOCC1. The second-order valence-corrected chi connectivity index (χ2v) is 7.93. The zero-order chi connectivity index (χ0) is 19.6. The molecule has 1 aromatic carbocycles. The second-order valence-electron chi connectivity index (χ2n) is 7.93. The van der Waals surface area contributed by atoms with Crippen LogP contribution in [0.2, 0.25) is 0 Å². The van der Waals surface area contributed by atoms with Gasteiger partial charge in [0, 0.05) is 37.1 Å². The molecular weight excluding hydrogens is 368 g/mol. The molecule has 1 amide bonds. The van der Waals surface area contributed by atoms with E-state index in [2.05, 4.69) is 15.1 Å². The lowest BCUT2D eigenvalue weighted by molar-refractivity contribution is -0.141. The van der Waals surface area contributed by atoms with E-state index in [1.807, 2.05) is 41.4 Å². The number of ether oxygens (including phenoxy) is 1. The molecule has 0 radical (unpaired) electrons. The zero-order valence-corrected chi connectivity index (χ0v) is 16.5. The number of likely N-dealkylation sites (tertiary alicyclic amines) is 1. The van der Waals surface area contributed by atoms with Gasteiger partial charge in [-0.15, -0.1) is 0 Å². The smallest absolute Gasteiger partial charge is 0.227 e. The van der Waals surface area contributed by atoms with E-state index < -0.39 is 0 Å². The largest absolute Gasteiger partial charge is 0.454 e. The number of furan rings is 1. The summed E-state index contributed by atoms with van der Waals surface area (Å²) in [6.45, 7) is 5.28. The van der Waals surface area contributed by atoms with Gasteiger partial charge in [-0.3, -0.25) is 14.8 Å². The van der Waals surface area contributed by atoms with Crippen LogP contribution in [0.15, 0.2) is 40.9 Å². The van der Waals surface area contributed by atoms with Crippen LogP contribution < -0.4 is 0 Å². The molecule has 2 fully saturated rings. The minimum absolute atomic E-state index is 0.0726. The number of piperidine rings is 1. The van der Waals surface area contributed by atoms with Gasteiger partial charge in [0.2, 0.25) is 5.91 Å². The molecule has 0 bridgehead atoms. The third-order valence-corrected chi connectivity index (χ3v) is 5.96. The van der Waals surface area contributed by atoms with Crippen LogP contribution in [0, 0.1) is 5.92 Å². The maximum Gasteiger partial charge on any atom is 0.227 e. The molecule has 2 aliphatic rings. The highest BCUT2D eigenvalue weighted by molar-refractivity contribution is 5.82. The predicted octanol–water partition coefficient (Wildman–Crippen LogP) is 2.89. The first kappa shape index (κ1) is 18.4. The first-order valence-corrected chi connectivity index (χ1v) is 10.4. The van der Waals surface area contributed by atoms with Gasteiger partial charge in [0.25, 0.3) is 0 Å². The minimum Gasteiger partial charge on any atom is -0.454 e. The van der Waals surface area contributed by atoms with Gasteiger partial charge in [-0.2, -0.15) is 5.10 Å². The van der Waals surface area contributed by atoms with Crippen molar-refractivity contribution in [3.05, 3.63) is 42.1 Å². The monoisotopic (exact) mass is 394 g/mol. The third kappa shape index (κ3) is 3.80. The summed E-state index contributed by atoms with van der Waals surface area (Å²) in [5.74, 6) is 1.16. The number of amides is 1. The average Bonchev–Trinajstić information content (AvgIpc) is 3.40. The number of aromatic amines is 1. The Bertz CT molecular complexity index is 956. The van der Waals surface area contributed by atoms with Crippen LogP contribution in [-0.2, 0) is 16.1 Å². The van der Waals surface area contributed by atoms with Gasteiger partial charge in [-0.1, -0.05) is 18.2 Å². The first-order valence-electron chi connectivity index (χ1n) is 10.4. The molecule has 7 nitrogen and oxygen atoms in total. The minimum atomic E-state index is 0.0726. The number of carbonyl (C=O) groups is 1. The molecule has 4 heterocycles. The molecule has 2 saturated heterocycles. The Hall–Kier alpha value is -2.64. The summed E-state index contributed by atoms with van der Waals surface area (Å²) in [6, 6.07) is 10.1. The molecule has 0 spiro atoms. The van der Waals surface area contributed by atoms with Crippen LogP contribution in [0.3, 0.4) is 0 Å². The van der Waals surface area contributed by atoms with E-state index in [0.29, 0.717) is 26.3 Å². The van der Waals surface area contributed by atoms with E-state index >= 15 is 0 Å². The van der Waals surface area contributed by atoms with Crippen molar-refractivity contribution in [3.63, 3.8) is 0 Å². The maximum absolute atomic E-state index is 12.9. The summed E-state index contributed by atoms with van der Waals surface area (Å²) < 4.78 is 11.4. The number of para-hydroxylation sites is 1. The lowest BCUT2D eigenvalue weighted by Gasteiger charge is -2.36. The zero-order valence-electron chi connectivity index (χ0n) is 16.5. The Morgan fingerprint density at radius 1 is 1.21 bits per heavy atom. The molecule has 5 rings (SSSR count). The van der Waals surface area contributed by atoms with Crippen molar-refractivity contribution in [3.8, 4) is 11.5 Å². The Morgan fingerprint density at radius 2 is 2.07 bits per heavy atom. The third-order valence-electron chi connectivity index (χ3n) is 5.96. The number of aromatic nitrogens is 2. The highest BCUT2D eigenvalue weighted by Gasteiger charge is 2.30. The van der Waals surface area contributed by atoms with E-state index in [9.17, 15) is 4.79 Å². The van der Waals surface area contributed by atoms with E-state index in [4.69, 9.17) is 9.15 Å². The fourth-order valence-electron chi connectivity index (χ4n) is 4.43. The molecule has 2 aromatic heterocycles. The van der Waals surface area contributed by atoms with Gasteiger partial charge < -0.3 is 14.1 Å². The Balaban J connectivity index is 1.29. The number of H-pyrrole nitrogens is 1. The van der Waals surface area contributed by atoms with Gasteiger partial charge in [0.05, 0.1) is 25.3 Å². The lowest BCUT2D eigenvalue weighted by Crippen LogP contribution is -2.48. The quantitative estimate of drug-likeness (QED) is 0.737. The molecule has 7 heteroatoms. The van der Waals surface area contributed by atoms with Crippen LogP contribution in [0.1, 0.15) is 18.4 Å². The summed E-state index contributed by atoms with van der Waals surface area (Å²) >= 11 is 0. The predicted molar refractivity (Wildman–Crippen MR) is 109 cm³/mol. The highest BCUT2D eigenvalue weighted by Crippen LogP contribution is 2.30. The summed E-state index contributed by atoms with van der Waals surface area (Å²) in [4.78, 5) is 17.2. The Morgan fingerprint density at radius 3 is 2.93 bits per heavy atom. The number of carbonyl (C=O) groups excluding carboxylic acids is 1. The van der Waals surface area contributed by atoms with Crippen LogP contribution in [0.4, 0.5) is 0 Å². The second kappa shape index (κ2) is 8.00. The summed E-state index contributed by atoms with van der Waals surface area (Å²) in [5, 5.41) is 8.44. The molecule has 0 unspecified atom stereocenters. The first-order chi connectivity index (χ1) is 14.3. The molecule has 2 aliphatic heterocycles. The maximum atomic E-state index is 12.9. The van der Waals surface area contributed by atoms with Crippen molar-refractivity contribution < 1.29 is 13.9 Å². The van der Waals surface area contributed by atoms with Gasteiger partial charge in [0.1, 0.15) is 11.3 Å². The summed E-state index contributed by atoms with van der Waals surface area (Å²) in [6.07, 6.45) is 3.88. The van der Waals surface area contributed by atoms with Gasteiger partial charge in [0.15, 0.2) is 5.76 Å². The number of morpholine rings is 1. The van der Waals surface area contributed by atoms with Crippen molar-refractivity contribution in [1.29, 1.82) is 0 Å². The Kier molecular flexibility index (Phi) is 5.08. The van der Waals surface area contributed by atoms with Crippen LogP contribution in [-0.4, -0.2) is 65.3 Å².